The van der Waals surface area contributed by atoms with Crippen molar-refractivity contribution in [3.63, 3.8) is 0 Å². The number of hydrogen-bond donors (Lipinski definition) is 1. The SMILES string of the molecule is FCC(CF)OC1CCNCC1. The Labute approximate surface area is 71.3 Å². The first kappa shape index (κ1) is 9.86. The van der Waals surface area contributed by atoms with E-state index in [1.54, 1.807) is 0 Å². The Bertz CT molecular complexity index is 114. The van der Waals surface area contributed by atoms with E-state index in [1.165, 1.54) is 0 Å². The van der Waals surface area contributed by atoms with E-state index in [-0.39, 0.29) is 6.10 Å². The summed E-state index contributed by atoms with van der Waals surface area (Å²) in [5, 5.41) is 3.16. The van der Waals surface area contributed by atoms with Crippen LogP contribution < -0.4 is 5.32 Å². The maximum absolute atomic E-state index is 12.0. The average Bonchev–Trinajstić information content (AvgIpc) is 2.16. The molecule has 0 bridgehead atoms. The third-order valence-corrected chi connectivity index (χ3v) is 2.02. The second-order valence-corrected chi connectivity index (χ2v) is 3.02. The topological polar surface area (TPSA) is 21.3 Å². The lowest BCUT2D eigenvalue weighted by atomic mass is 10.1. The maximum Gasteiger partial charge on any atom is 0.118 e. The van der Waals surface area contributed by atoms with Gasteiger partial charge in [-0.3, -0.25) is 0 Å². The Kier molecular flexibility index (Phi) is 4.46. The smallest absolute Gasteiger partial charge is 0.118 e. The summed E-state index contributed by atoms with van der Waals surface area (Å²) in [6.07, 6.45) is 0.920. The van der Waals surface area contributed by atoms with E-state index in [1.807, 2.05) is 0 Å². The molecule has 0 aromatic heterocycles. The first-order chi connectivity index (χ1) is 5.86. The van der Waals surface area contributed by atoms with Gasteiger partial charge in [-0.25, -0.2) is 8.78 Å². The van der Waals surface area contributed by atoms with Gasteiger partial charge in [-0.15, -0.1) is 0 Å². The molecule has 1 aliphatic rings. The normalized spacial score (nSPS) is 20.2. The molecule has 2 nitrogen and oxygen atoms in total. The van der Waals surface area contributed by atoms with Gasteiger partial charge in [0, 0.05) is 0 Å². The van der Waals surface area contributed by atoms with Crippen molar-refractivity contribution in [1.29, 1.82) is 0 Å². The molecule has 1 rings (SSSR count). The number of halogens is 2. The van der Waals surface area contributed by atoms with E-state index in [0.29, 0.717) is 0 Å². The van der Waals surface area contributed by atoms with Gasteiger partial charge in [-0.05, 0) is 25.9 Å². The van der Waals surface area contributed by atoms with Crippen LogP contribution in [0.25, 0.3) is 0 Å². The monoisotopic (exact) mass is 179 g/mol. The van der Waals surface area contributed by atoms with Crippen LogP contribution in [-0.2, 0) is 4.74 Å². The van der Waals surface area contributed by atoms with E-state index >= 15 is 0 Å². The van der Waals surface area contributed by atoms with Crippen LogP contribution in [0.2, 0.25) is 0 Å². The third kappa shape index (κ3) is 3.03. The highest BCUT2D eigenvalue weighted by atomic mass is 19.1. The lowest BCUT2D eigenvalue weighted by molar-refractivity contribution is -0.0461. The molecule has 0 unspecified atom stereocenters. The van der Waals surface area contributed by atoms with Crippen LogP contribution in [0, 0.1) is 0 Å². The van der Waals surface area contributed by atoms with Crippen molar-refractivity contribution in [3.05, 3.63) is 0 Å². The van der Waals surface area contributed by atoms with E-state index in [2.05, 4.69) is 5.32 Å². The fraction of sp³-hybridized carbons (Fsp3) is 1.00. The Morgan fingerprint density at radius 3 is 2.33 bits per heavy atom. The summed E-state index contributed by atoms with van der Waals surface area (Å²) in [6.45, 7) is 0.326. The number of alkyl halides is 2. The molecule has 1 fully saturated rings. The van der Waals surface area contributed by atoms with Gasteiger partial charge in [0.15, 0.2) is 0 Å². The highest BCUT2D eigenvalue weighted by molar-refractivity contribution is 4.70. The van der Waals surface area contributed by atoms with E-state index in [0.717, 1.165) is 25.9 Å². The molecular formula is C8H15F2NO. The van der Waals surface area contributed by atoms with Gasteiger partial charge in [-0.2, -0.15) is 0 Å². The second-order valence-electron chi connectivity index (χ2n) is 3.02. The lowest BCUT2D eigenvalue weighted by Gasteiger charge is -2.25. The summed E-state index contributed by atoms with van der Waals surface area (Å²) in [7, 11) is 0. The molecule has 1 aliphatic heterocycles. The molecule has 0 atom stereocenters. The van der Waals surface area contributed by atoms with Crippen molar-refractivity contribution in [3.8, 4) is 0 Å². The molecule has 4 heteroatoms. The Morgan fingerprint density at radius 1 is 1.25 bits per heavy atom. The van der Waals surface area contributed by atoms with Crippen molar-refractivity contribution in [2.24, 2.45) is 0 Å². The van der Waals surface area contributed by atoms with Crippen LogP contribution in [0.1, 0.15) is 12.8 Å². The molecule has 1 saturated heterocycles. The Balaban J connectivity index is 2.18. The Hall–Kier alpha value is -0.220. The van der Waals surface area contributed by atoms with Crippen LogP contribution in [0.3, 0.4) is 0 Å². The predicted octanol–water partition coefficient (Wildman–Crippen LogP) is 1.06. The second kappa shape index (κ2) is 5.43. The van der Waals surface area contributed by atoms with Crippen LogP contribution in [0.15, 0.2) is 0 Å². The van der Waals surface area contributed by atoms with Crippen molar-refractivity contribution >= 4 is 0 Å². The number of piperidine rings is 1. The minimum atomic E-state index is -0.840. The molecule has 0 aliphatic carbocycles. The molecule has 12 heavy (non-hydrogen) atoms. The summed E-state index contributed by atoms with van der Waals surface area (Å²) < 4.78 is 29.3. The summed E-state index contributed by atoms with van der Waals surface area (Å²) in [5.41, 5.74) is 0. The van der Waals surface area contributed by atoms with Crippen LogP contribution in [0.5, 0.6) is 0 Å². The van der Waals surface area contributed by atoms with E-state index in [9.17, 15) is 8.78 Å². The van der Waals surface area contributed by atoms with Crippen molar-refractivity contribution in [2.45, 2.75) is 25.0 Å². The highest BCUT2D eigenvalue weighted by Crippen LogP contribution is 2.10. The molecule has 0 saturated carbocycles. The number of rotatable bonds is 4. The third-order valence-electron chi connectivity index (χ3n) is 2.02. The Morgan fingerprint density at radius 2 is 1.83 bits per heavy atom. The quantitative estimate of drug-likeness (QED) is 0.696. The fourth-order valence-corrected chi connectivity index (χ4v) is 1.32. The summed E-state index contributed by atoms with van der Waals surface area (Å²) in [6, 6.07) is 0. The van der Waals surface area contributed by atoms with Gasteiger partial charge in [0.1, 0.15) is 19.5 Å². The average molecular weight is 179 g/mol. The van der Waals surface area contributed by atoms with Crippen molar-refractivity contribution in [1.82, 2.24) is 5.32 Å². The van der Waals surface area contributed by atoms with Crippen molar-refractivity contribution < 1.29 is 13.5 Å². The lowest BCUT2D eigenvalue weighted by Crippen LogP contribution is -2.35. The first-order valence-corrected chi connectivity index (χ1v) is 4.35. The van der Waals surface area contributed by atoms with Gasteiger partial charge < -0.3 is 10.1 Å². The van der Waals surface area contributed by atoms with E-state index < -0.39 is 19.5 Å². The molecule has 0 aromatic rings. The molecule has 0 spiro atoms. The zero-order valence-electron chi connectivity index (χ0n) is 7.06. The van der Waals surface area contributed by atoms with E-state index in [4.69, 9.17) is 4.74 Å². The molecule has 72 valence electrons. The van der Waals surface area contributed by atoms with Gasteiger partial charge in [-0.1, -0.05) is 0 Å². The van der Waals surface area contributed by atoms with Gasteiger partial charge in [0.05, 0.1) is 6.10 Å². The zero-order chi connectivity index (χ0) is 8.81. The molecule has 0 radical (unpaired) electrons. The van der Waals surface area contributed by atoms with Crippen molar-refractivity contribution in [2.75, 3.05) is 26.4 Å². The highest BCUT2D eigenvalue weighted by Gasteiger charge is 2.18. The zero-order valence-corrected chi connectivity index (χ0v) is 7.06. The molecule has 0 aromatic carbocycles. The number of hydrogen-bond acceptors (Lipinski definition) is 2. The fourth-order valence-electron chi connectivity index (χ4n) is 1.32. The largest absolute Gasteiger partial charge is 0.369 e. The molecule has 0 amide bonds. The standard InChI is InChI=1S/C8H15F2NO/c9-5-8(6-10)12-7-1-3-11-4-2-7/h7-8,11H,1-6H2. The minimum Gasteiger partial charge on any atom is -0.369 e. The predicted molar refractivity (Wildman–Crippen MR) is 42.7 cm³/mol. The van der Waals surface area contributed by atoms with Gasteiger partial charge in [0.25, 0.3) is 0 Å². The molecule has 1 heterocycles. The number of ether oxygens (including phenoxy) is 1. The number of nitrogens with one attached hydrogen (secondary N) is 1. The van der Waals surface area contributed by atoms with Gasteiger partial charge in [0.2, 0.25) is 0 Å². The first-order valence-electron chi connectivity index (χ1n) is 4.35. The summed E-state index contributed by atoms with van der Waals surface area (Å²) >= 11 is 0. The molecule has 1 N–H and O–H groups in total. The van der Waals surface area contributed by atoms with Crippen LogP contribution in [-0.4, -0.2) is 38.6 Å². The maximum atomic E-state index is 12.0. The summed E-state index contributed by atoms with van der Waals surface area (Å²) in [4.78, 5) is 0. The summed E-state index contributed by atoms with van der Waals surface area (Å²) in [5.74, 6) is 0. The molecular weight excluding hydrogens is 164 g/mol. The van der Waals surface area contributed by atoms with Crippen LogP contribution >= 0.6 is 0 Å². The minimum absolute atomic E-state index is 0.0442. The van der Waals surface area contributed by atoms with Crippen LogP contribution in [0.4, 0.5) is 8.78 Å². The van der Waals surface area contributed by atoms with Gasteiger partial charge >= 0.3 is 0 Å².